The van der Waals surface area contributed by atoms with Crippen molar-refractivity contribution < 1.29 is 4.79 Å². The summed E-state index contributed by atoms with van der Waals surface area (Å²) in [5.41, 5.74) is 5.88. The molecule has 17 heavy (non-hydrogen) atoms. The Balaban J connectivity index is 1.52. The minimum absolute atomic E-state index is 0.251. The summed E-state index contributed by atoms with van der Waals surface area (Å²) in [6.07, 6.45) is 11.0. The molecular weight excluding hydrogens is 212 g/mol. The van der Waals surface area contributed by atoms with Crippen LogP contribution in [0.3, 0.4) is 0 Å². The van der Waals surface area contributed by atoms with Gasteiger partial charge in [-0.15, -0.1) is 0 Å². The number of nitrogens with one attached hydrogen (secondary N) is 1. The third-order valence-electron chi connectivity index (χ3n) is 4.73. The van der Waals surface area contributed by atoms with Crippen LogP contribution in [0.1, 0.15) is 38.5 Å². The molecule has 3 rings (SSSR count). The zero-order valence-electron chi connectivity index (χ0n) is 10.3. The molecule has 0 heterocycles. The van der Waals surface area contributed by atoms with Gasteiger partial charge in [0.15, 0.2) is 0 Å². The molecular formula is C14H22N2O. The average molecular weight is 234 g/mol. The van der Waals surface area contributed by atoms with Gasteiger partial charge in [-0.3, -0.25) is 4.79 Å². The minimum Gasteiger partial charge on any atom is -0.353 e. The molecule has 3 aliphatic carbocycles. The smallest absolute Gasteiger partial charge is 0.223 e. The molecule has 0 aliphatic heterocycles. The van der Waals surface area contributed by atoms with Gasteiger partial charge >= 0.3 is 0 Å². The van der Waals surface area contributed by atoms with E-state index in [1.807, 2.05) is 0 Å². The van der Waals surface area contributed by atoms with Crippen LogP contribution in [0.15, 0.2) is 12.2 Å². The highest BCUT2D eigenvalue weighted by atomic mass is 16.2. The largest absolute Gasteiger partial charge is 0.353 e. The maximum absolute atomic E-state index is 12.2. The van der Waals surface area contributed by atoms with Crippen molar-refractivity contribution in [3.05, 3.63) is 12.2 Å². The van der Waals surface area contributed by atoms with E-state index in [4.69, 9.17) is 5.73 Å². The summed E-state index contributed by atoms with van der Waals surface area (Å²) in [4.78, 5) is 12.2. The first-order chi connectivity index (χ1) is 8.22. The first-order valence-electron chi connectivity index (χ1n) is 6.96. The lowest BCUT2D eigenvalue weighted by atomic mass is 9.89. The molecule has 0 aromatic heterocycles. The van der Waals surface area contributed by atoms with Crippen LogP contribution >= 0.6 is 0 Å². The first-order valence-corrected chi connectivity index (χ1v) is 6.96. The van der Waals surface area contributed by atoms with E-state index in [1.54, 1.807) is 0 Å². The summed E-state index contributed by atoms with van der Waals surface area (Å²) in [7, 11) is 0. The predicted octanol–water partition coefficient (Wildman–Crippen LogP) is 1.58. The van der Waals surface area contributed by atoms with Crippen LogP contribution in [0, 0.1) is 17.8 Å². The van der Waals surface area contributed by atoms with E-state index in [0.717, 1.165) is 32.1 Å². The summed E-state index contributed by atoms with van der Waals surface area (Å²) >= 11 is 0. The van der Waals surface area contributed by atoms with Crippen molar-refractivity contribution in [1.82, 2.24) is 5.32 Å². The van der Waals surface area contributed by atoms with Gasteiger partial charge < -0.3 is 11.1 Å². The van der Waals surface area contributed by atoms with Crippen molar-refractivity contribution in [3.8, 4) is 0 Å². The molecule has 0 aromatic rings. The third kappa shape index (κ3) is 2.25. The van der Waals surface area contributed by atoms with Crippen LogP contribution in [0.25, 0.3) is 0 Å². The lowest BCUT2D eigenvalue weighted by molar-refractivity contribution is -0.126. The zero-order valence-corrected chi connectivity index (χ0v) is 10.3. The number of hydrogen-bond donors (Lipinski definition) is 2. The average Bonchev–Trinajstić information content (AvgIpc) is 2.94. The SMILES string of the molecule is NC1CCC(NC(=O)[C@@H]2C[C@@H]3C=C[C@H]2C3)CC1. The number of carbonyl (C=O) groups excluding carboxylic acids is 1. The van der Waals surface area contributed by atoms with Crippen molar-refractivity contribution in [2.75, 3.05) is 0 Å². The van der Waals surface area contributed by atoms with Gasteiger partial charge in [-0.05, 0) is 50.4 Å². The van der Waals surface area contributed by atoms with Gasteiger partial charge in [0.25, 0.3) is 0 Å². The van der Waals surface area contributed by atoms with Crippen LogP contribution in [0.5, 0.6) is 0 Å². The van der Waals surface area contributed by atoms with E-state index in [-0.39, 0.29) is 5.92 Å². The van der Waals surface area contributed by atoms with Crippen molar-refractivity contribution >= 4 is 5.91 Å². The van der Waals surface area contributed by atoms with Crippen molar-refractivity contribution in [1.29, 1.82) is 0 Å². The molecule has 0 spiro atoms. The molecule has 0 unspecified atom stereocenters. The molecule has 0 aromatic carbocycles. The molecule has 2 fully saturated rings. The Morgan fingerprint density at radius 2 is 1.88 bits per heavy atom. The Bertz CT molecular complexity index is 331. The molecule has 2 saturated carbocycles. The van der Waals surface area contributed by atoms with E-state index < -0.39 is 0 Å². The topological polar surface area (TPSA) is 55.1 Å². The maximum atomic E-state index is 12.2. The Morgan fingerprint density at radius 3 is 2.47 bits per heavy atom. The second-order valence-electron chi connectivity index (χ2n) is 6.01. The van der Waals surface area contributed by atoms with Gasteiger partial charge in [-0.25, -0.2) is 0 Å². The van der Waals surface area contributed by atoms with E-state index in [0.29, 0.717) is 29.8 Å². The monoisotopic (exact) mass is 234 g/mol. The number of nitrogens with two attached hydrogens (primary N) is 1. The fraction of sp³-hybridized carbons (Fsp3) is 0.786. The predicted molar refractivity (Wildman–Crippen MR) is 67.2 cm³/mol. The second kappa shape index (κ2) is 4.45. The summed E-state index contributed by atoms with van der Waals surface area (Å²) in [6.45, 7) is 0. The highest BCUT2D eigenvalue weighted by molar-refractivity contribution is 5.80. The highest BCUT2D eigenvalue weighted by Crippen LogP contribution is 2.43. The molecule has 3 N–H and O–H groups in total. The molecule has 1 amide bonds. The molecule has 3 heteroatoms. The molecule has 94 valence electrons. The maximum Gasteiger partial charge on any atom is 0.223 e. The number of hydrogen-bond acceptors (Lipinski definition) is 2. The lowest BCUT2D eigenvalue weighted by Crippen LogP contribution is -2.43. The molecule has 0 radical (unpaired) electrons. The van der Waals surface area contributed by atoms with Crippen LogP contribution in [-0.4, -0.2) is 18.0 Å². The fourth-order valence-corrected chi connectivity index (χ4v) is 3.65. The first kappa shape index (κ1) is 11.3. The van der Waals surface area contributed by atoms with Gasteiger partial charge in [-0.2, -0.15) is 0 Å². The van der Waals surface area contributed by atoms with Gasteiger partial charge in [-0.1, -0.05) is 12.2 Å². The molecule has 3 nitrogen and oxygen atoms in total. The fourth-order valence-electron chi connectivity index (χ4n) is 3.65. The Kier molecular flexibility index (Phi) is 2.95. The summed E-state index contributed by atoms with van der Waals surface area (Å²) < 4.78 is 0. The Hall–Kier alpha value is -0.830. The van der Waals surface area contributed by atoms with Gasteiger partial charge in [0.2, 0.25) is 5.91 Å². The van der Waals surface area contributed by atoms with Crippen molar-refractivity contribution in [2.45, 2.75) is 50.6 Å². The summed E-state index contributed by atoms with van der Waals surface area (Å²) in [5, 5.41) is 3.24. The standard InChI is InChI=1S/C14H22N2O/c15-11-3-5-12(6-4-11)16-14(17)13-8-9-1-2-10(13)7-9/h1-2,9-13H,3-8,15H2,(H,16,17)/t9-,10+,11?,12?,13-/m1/s1. The highest BCUT2D eigenvalue weighted by Gasteiger charge is 2.40. The number of allylic oxidation sites excluding steroid dienone is 2. The van der Waals surface area contributed by atoms with Gasteiger partial charge in [0, 0.05) is 18.0 Å². The number of carbonyl (C=O) groups is 1. The van der Waals surface area contributed by atoms with Crippen LogP contribution in [0.2, 0.25) is 0 Å². The second-order valence-corrected chi connectivity index (χ2v) is 6.01. The normalized spacial score (nSPS) is 43.9. The van der Waals surface area contributed by atoms with Crippen LogP contribution in [0.4, 0.5) is 0 Å². The van der Waals surface area contributed by atoms with Crippen LogP contribution < -0.4 is 11.1 Å². The lowest BCUT2D eigenvalue weighted by Gasteiger charge is -2.28. The zero-order chi connectivity index (χ0) is 11.8. The van der Waals surface area contributed by atoms with Crippen LogP contribution in [-0.2, 0) is 4.79 Å². The van der Waals surface area contributed by atoms with E-state index in [2.05, 4.69) is 17.5 Å². The van der Waals surface area contributed by atoms with Gasteiger partial charge in [0.1, 0.15) is 0 Å². The summed E-state index contributed by atoms with van der Waals surface area (Å²) in [6, 6.07) is 0.735. The van der Waals surface area contributed by atoms with E-state index >= 15 is 0 Å². The van der Waals surface area contributed by atoms with E-state index in [1.165, 1.54) is 6.42 Å². The molecule has 3 aliphatic rings. The number of rotatable bonds is 2. The molecule has 0 saturated heterocycles. The quantitative estimate of drug-likeness (QED) is 0.713. The van der Waals surface area contributed by atoms with Crippen molar-refractivity contribution in [2.24, 2.45) is 23.5 Å². The Labute approximate surface area is 103 Å². The minimum atomic E-state index is 0.251. The van der Waals surface area contributed by atoms with E-state index in [9.17, 15) is 4.79 Å². The number of fused-ring (bicyclic) bond motifs is 2. The van der Waals surface area contributed by atoms with Gasteiger partial charge in [0.05, 0.1) is 0 Å². The molecule has 2 bridgehead atoms. The third-order valence-corrected chi connectivity index (χ3v) is 4.73. The molecule has 3 atom stereocenters. The summed E-state index contributed by atoms with van der Waals surface area (Å²) in [5.74, 6) is 1.74. The number of amides is 1. The Morgan fingerprint density at radius 1 is 1.12 bits per heavy atom. The van der Waals surface area contributed by atoms with Crippen molar-refractivity contribution in [3.63, 3.8) is 0 Å².